The molecule has 0 aliphatic carbocycles. The topological polar surface area (TPSA) is 67.2 Å². The second-order valence-electron chi connectivity index (χ2n) is 7.01. The monoisotopic (exact) mass is 342 g/mol. The molecule has 0 aromatic carbocycles. The van der Waals surface area contributed by atoms with Gasteiger partial charge >= 0.3 is 0 Å². The standard InChI is InChI=1S/C19H26N4O2/c1-14(2)19(25)21-16-5-10-23(11-6-16)18(24)7-12-22-9-4-15-3-8-20-13-17(15)22/h3-4,8-9,13-14,16H,5-7,10-12H2,1-2H3,(H,21,25). The van der Waals surface area contributed by atoms with E-state index in [-0.39, 0.29) is 23.8 Å². The molecule has 134 valence electrons. The number of nitrogens with one attached hydrogen (secondary N) is 1. The molecule has 25 heavy (non-hydrogen) atoms. The molecule has 0 spiro atoms. The SMILES string of the molecule is CC(C)C(=O)NC1CCN(C(=O)CCn2ccc3ccncc32)CC1. The van der Waals surface area contributed by atoms with Crippen LogP contribution < -0.4 is 5.32 Å². The third-order valence-electron chi connectivity index (χ3n) is 4.86. The smallest absolute Gasteiger partial charge is 0.224 e. The van der Waals surface area contributed by atoms with Crippen LogP contribution in [0.5, 0.6) is 0 Å². The molecule has 2 aromatic heterocycles. The summed E-state index contributed by atoms with van der Waals surface area (Å²) < 4.78 is 2.08. The number of hydrogen-bond acceptors (Lipinski definition) is 3. The van der Waals surface area contributed by atoms with Crippen molar-refractivity contribution >= 4 is 22.7 Å². The molecule has 0 radical (unpaired) electrons. The zero-order chi connectivity index (χ0) is 17.8. The first kappa shape index (κ1) is 17.5. The van der Waals surface area contributed by atoms with Gasteiger partial charge in [0.25, 0.3) is 0 Å². The summed E-state index contributed by atoms with van der Waals surface area (Å²) in [5.74, 6) is 0.280. The van der Waals surface area contributed by atoms with Crippen LogP contribution in [0.3, 0.4) is 0 Å². The van der Waals surface area contributed by atoms with Crippen molar-refractivity contribution < 1.29 is 9.59 Å². The predicted molar refractivity (Wildman–Crippen MR) is 96.9 cm³/mol. The normalized spacial score (nSPS) is 15.7. The lowest BCUT2D eigenvalue weighted by Gasteiger charge is -2.33. The molecule has 6 heteroatoms. The minimum absolute atomic E-state index is 0.00513. The maximum Gasteiger partial charge on any atom is 0.224 e. The molecule has 0 saturated carbocycles. The van der Waals surface area contributed by atoms with E-state index in [0.29, 0.717) is 13.0 Å². The second kappa shape index (κ2) is 7.68. The lowest BCUT2D eigenvalue weighted by molar-refractivity contribution is -0.132. The summed E-state index contributed by atoms with van der Waals surface area (Å²) in [6.45, 7) is 5.90. The Hall–Kier alpha value is -2.37. The quantitative estimate of drug-likeness (QED) is 0.906. The van der Waals surface area contributed by atoms with Crippen molar-refractivity contribution in [2.24, 2.45) is 5.92 Å². The van der Waals surface area contributed by atoms with Crippen LogP contribution in [0, 0.1) is 5.92 Å². The highest BCUT2D eigenvalue weighted by atomic mass is 16.2. The lowest BCUT2D eigenvalue weighted by Crippen LogP contribution is -2.47. The van der Waals surface area contributed by atoms with Crippen LogP contribution in [0.25, 0.3) is 10.9 Å². The third kappa shape index (κ3) is 4.18. The van der Waals surface area contributed by atoms with E-state index in [9.17, 15) is 9.59 Å². The molecule has 2 amide bonds. The molecule has 1 fully saturated rings. The third-order valence-corrected chi connectivity index (χ3v) is 4.86. The predicted octanol–water partition coefficient (Wildman–Crippen LogP) is 2.19. The second-order valence-corrected chi connectivity index (χ2v) is 7.01. The van der Waals surface area contributed by atoms with Gasteiger partial charge in [0.1, 0.15) is 0 Å². The molecule has 0 bridgehead atoms. The minimum atomic E-state index is 0.00513. The number of carbonyl (C=O) groups is 2. The van der Waals surface area contributed by atoms with Crippen molar-refractivity contribution in [1.29, 1.82) is 0 Å². The molecule has 1 aliphatic rings. The van der Waals surface area contributed by atoms with Crippen LogP contribution in [0.1, 0.15) is 33.1 Å². The first-order chi connectivity index (χ1) is 12.0. The highest BCUT2D eigenvalue weighted by molar-refractivity contribution is 5.80. The number of aromatic nitrogens is 2. The van der Waals surface area contributed by atoms with Crippen LogP contribution in [-0.4, -0.2) is 45.4 Å². The molecule has 6 nitrogen and oxygen atoms in total. The number of pyridine rings is 1. The fourth-order valence-corrected chi connectivity index (χ4v) is 3.24. The van der Waals surface area contributed by atoms with Crippen molar-refractivity contribution in [2.45, 2.75) is 45.7 Å². The Balaban J connectivity index is 1.47. The van der Waals surface area contributed by atoms with Gasteiger partial charge < -0.3 is 14.8 Å². The number of rotatable bonds is 5. The van der Waals surface area contributed by atoms with E-state index in [1.165, 1.54) is 0 Å². The largest absolute Gasteiger partial charge is 0.353 e. The summed E-state index contributed by atoms with van der Waals surface area (Å²) in [6.07, 6.45) is 7.78. The number of likely N-dealkylation sites (tertiary alicyclic amines) is 1. The van der Waals surface area contributed by atoms with E-state index in [1.807, 2.05) is 43.3 Å². The van der Waals surface area contributed by atoms with Crippen LogP contribution >= 0.6 is 0 Å². The van der Waals surface area contributed by atoms with E-state index >= 15 is 0 Å². The summed E-state index contributed by atoms with van der Waals surface area (Å²) in [4.78, 5) is 30.3. The van der Waals surface area contributed by atoms with Gasteiger partial charge in [-0.15, -0.1) is 0 Å². The summed E-state index contributed by atoms with van der Waals surface area (Å²) in [6, 6.07) is 4.22. The number of hydrogen-bond donors (Lipinski definition) is 1. The van der Waals surface area contributed by atoms with Gasteiger partial charge in [-0.3, -0.25) is 14.6 Å². The summed E-state index contributed by atoms with van der Waals surface area (Å²) >= 11 is 0. The molecule has 0 atom stereocenters. The van der Waals surface area contributed by atoms with E-state index in [4.69, 9.17) is 0 Å². The first-order valence-electron chi connectivity index (χ1n) is 9.01. The van der Waals surface area contributed by atoms with Crippen LogP contribution in [0.4, 0.5) is 0 Å². The van der Waals surface area contributed by atoms with Gasteiger partial charge in [-0.2, -0.15) is 0 Å². The maximum atomic E-state index is 12.5. The summed E-state index contributed by atoms with van der Waals surface area (Å²) in [5.41, 5.74) is 1.06. The molecule has 3 heterocycles. The Labute approximate surface area is 148 Å². The molecule has 2 aromatic rings. The maximum absolute atomic E-state index is 12.5. The van der Waals surface area contributed by atoms with Gasteiger partial charge in [0.15, 0.2) is 0 Å². The average molecular weight is 342 g/mol. The number of fused-ring (bicyclic) bond motifs is 1. The number of aryl methyl sites for hydroxylation is 1. The Bertz CT molecular complexity index is 745. The molecule has 3 rings (SSSR count). The lowest BCUT2D eigenvalue weighted by atomic mass is 10.0. The summed E-state index contributed by atoms with van der Waals surface area (Å²) in [7, 11) is 0. The minimum Gasteiger partial charge on any atom is -0.353 e. The fraction of sp³-hybridized carbons (Fsp3) is 0.526. The van der Waals surface area contributed by atoms with Crippen molar-refractivity contribution in [1.82, 2.24) is 19.8 Å². The Kier molecular flexibility index (Phi) is 5.36. The van der Waals surface area contributed by atoms with E-state index in [2.05, 4.69) is 14.9 Å². The van der Waals surface area contributed by atoms with E-state index in [0.717, 1.165) is 36.8 Å². The number of piperidine rings is 1. The van der Waals surface area contributed by atoms with Crippen molar-refractivity contribution in [3.8, 4) is 0 Å². The first-order valence-corrected chi connectivity index (χ1v) is 9.01. The van der Waals surface area contributed by atoms with Crippen LogP contribution in [0.2, 0.25) is 0 Å². The van der Waals surface area contributed by atoms with Gasteiger partial charge in [0.2, 0.25) is 11.8 Å². The molecular formula is C19H26N4O2. The number of amides is 2. The zero-order valence-electron chi connectivity index (χ0n) is 14.9. The highest BCUT2D eigenvalue weighted by Crippen LogP contribution is 2.16. The van der Waals surface area contributed by atoms with Crippen molar-refractivity contribution in [3.63, 3.8) is 0 Å². The van der Waals surface area contributed by atoms with E-state index < -0.39 is 0 Å². The van der Waals surface area contributed by atoms with Gasteiger partial charge in [-0.1, -0.05) is 13.8 Å². The molecule has 1 saturated heterocycles. The van der Waals surface area contributed by atoms with E-state index in [1.54, 1.807) is 6.20 Å². The Morgan fingerprint density at radius 3 is 2.76 bits per heavy atom. The molecule has 1 N–H and O–H groups in total. The molecule has 1 aliphatic heterocycles. The molecular weight excluding hydrogens is 316 g/mol. The van der Waals surface area contributed by atoms with Gasteiger partial charge in [0.05, 0.1) is 11.7 Å². The Morgan fingerprint density at radius 2 is 2.04 bits per heavy atom. The fourth-order valence-electron chi connectivity index (χ4n) is 3.24. The zero-order valence-corrected chi connectivity index (χ0v) is 14.9. The van der Waals surface area contributed by atoms with Crippen LogP contribution in [0.15, 0.2) is 30.7 Å². The number of carbonyl (C=O) groups excluding carboxylic acids is 2. The number of nitrogens with zero attached hydrogens (tertiary/aromatic N) is 3. The van der Waals surface area contributed by atoms with Gasteiger partial charge in [-0.05, 0) is 25.0 Å². The van der Waals surface area contributed by atoms with Gasteiger partial charge in [0, 0.05) is 55.8 Å². The highest BCUT2D eigenvalue weighted by Gasteiger charge is 2.24. The average Bonchev–Trinajstić information content (AvgIpc) is 3.03. The van der Waals surface area contributed by atoms with Crippen LogP contribution in [-0.2, 0) is 16.1 Å². The van der Waals surface area contributed by atoms with Gasteiger partial charge in [-0.25, -0.2) is 0 Å². The molecule has 0 unspecified atom stereocenters. The van der Waals surface area contributed by atoms with Crippen molar-refractivity contribution in [3.05, 3.63) is 30.7 Å². The Morgan fingerprint density at radius 1 is 1.28 bits per heavy atom. The summed E-state index contributed by atoms with van der Waals surface area (Å²) in [5, 5.41) is 4.21. The van der Waals surface area contributed by atoms with Crippen molar-refractivity contribution in [2.75, 3.05) is 13.1 Å².